The van der Waals surface area contributed by atoms with Crippen LogP contribution in [0.25, 0.3) is 11.5 Å². The Labute approximate surface area is 173 Å². The summed E-state index contributed by atoms with van der Waals surface area (Å²) < 4.78 is 41.9. The molecule has 1 aromatic carbocycles. The summed E-state index contributed by atoms with van der Waals surface area (Å²) in [6.45, 7) is 3.56. The van der Waals surface area contributed by atoms with Crippen molar-refractivity contribution in [3.8, 4) is 5.82 Å². The Morgan fingerprint density at radius 1 is 1.03 bits per heavy atom. The molecule has 8 nitrogen and oxygen atoms in total. The molecule has 0 saturated heterocycles. The minimum absolute atomic E-state index is 0.113. The average Bonchev–Trinajstić information content (AvgIpc) is 3.26. The molecular weight excluding hydrogens is 411 g/mol. The highest BCUT2D eigenvalue weighted by molar-refractivity contribution is 5.95. The van der Waals surface area contributed by atoms with Crippen molar-refractivity contribution in [1.29, 1.82) is 0 Å². The van der Waals surface area contributed by atoms with E-state index < -0.39 is 17.7 Å². The summed E-state index contributed by atoms with van der Waals surface area (Å²) in [7, 11) is 0. The lowest BCUT2D eigenvalue weighted by Crippen LogP contribution is -2.25. The number of aryl methyl sites for hydroxylation is 2. The lowest BCUT2D eigenvalue weighted by atomic mass is 9.85. The van der Waals surface area contributed by atoms with Gasteiger partial charge in [0.25, 0.3) is 0 Å². The molecule has 0 aliphatic carbocycles. The number of amides is 1. The third kappa shape index (κ3) is 3.13. The van der Waals surface area contributed by atoms with Crippen LogP contribution in [0.5, 0.6) is 0 Å². The third-order valence-electron chi connectivity index (χ3n) is 5.36. The summed E-state index contributed by atoms with van der Waals surface area (Å²) in [4.78, 5) is 12.5. The van der Waals surface area contributed by atoms with Crippen molar-refractivity contribution in [2.45, 2.75) is 32.4 Å². The maximum atomic E-state index is 12.9. The first-order valence-corrected chi connectivity index (χ1v) is 9.48. The smallest absolute Gasteiger partial charge is 0.310 e. The number of hydrogen-bond donors (Lipinski definition) is 1. The fourth-order valence-corrected chi connectivity index (χ4v) is 3.90. The number of anilines is 1. The third-order valence-corrected chi connectivity index (χ3v) is 5.36. The Hall–Kier alpha value is -3.76. The van der Waals surface area contributed by atoms with Crippen molar-refractivity contribution in [2.24, 2.45) is 0 Å². The van der Waals surface area contributed by atoms with Gasteiger partial charge in [0, 0.05) is 17.9 Å². The maximum Gasteiger partial charge on any atom is 0.416 e. The summed E-state index contributed by atoms with van der Waals surface area (Å²) in [5.41, 5.74) is 1.87. The van der Waals surface area contributed by atoms with Crippen LogP contribution in [-0.2, 0) is 11.0 Å². The second-order valence-electron chi connectivity index (χ2n) is 7.39. The van der Waals surface area contributed by atoms with Crippen molar-refractivity contribution in [3.05, 3.63) is 64.6 Å². The zero-order valence-electron chi connectivity index (χ0n) is 16.5. The van der Waals surface area contributed by atoms with Gasteiger partial charge < -0.3 is 5.32 Å². The van der Waals surface area contributed by atoms with Crippen LogP contribution in [0.2, 0.25) is 0 Å². The number of carbonyl (C=O) groups excluding carboxylic acids is 1. The van der Waals surface area contributed by atoms with E-state index in [1.807, 2.05) is 0 Å². The number of aromatic nitrogens is 6. The second kappa shape index (κ2) is 6.62. The minimum atomic E-state index is -4.42. The van der Waals surface area contributed by atoms with Gasteiger partial charge in [-0.1, -0.05) is 12.1 Å². The molecular formula is C20H16F3N7O. The van der Waals surface area contributed by atoms with Gasteiger partial charge in [0.1, 0.15) is 5.82 Å². The number of hydrogen-bond acceptors (Lipinski definition) is 5. The standard InChI is InChI=1S/C20H16F3N7O/c1-10-18-14(12-3-5-13(6-4-12)20(21,22)23)9-17(31)24-19(18)30(27-10)16-8-7-15-26-25-11(2)29(15)28-16/h3-8,14H,9H2,1-2H3,(H,24,31)/t14-/m1/s1. The van der Waals surface area contributed by atoms with Crippen molar-refractivity contribution in [2.75, 3.05) is 5.32 Å². The minimum Gasteiger partial charge on any atom is -0.310 e. The Morgan fingerprint density at radius 2 is 1.77 bits per heavy atom. The molecule has 1 amide bonds. The number of alkyl halides is 3. The Bertz CT molecular complexity index is 1320. The highest BCUT2D eigenvalue weighted by Crippen LogP contribution is 2.40. The molecule has 1 atom stereocenters. The van der Waals surface area contributed by atoms with E-state index in [1.165, 1.54) is 16.8 Å². The van der Waals surface area contributed by atoms with E-state index in [1.54, 1.807) is 30.5 Å². The normalized spacial score (nSPS) is 16.4. The van der Waals surface area contributed by atoms with E-state index in [4.69, 9.17) is 0 Å². The van der Waals surface area contributed by atoms with E-state index in [-0.39, 0.29) is 12.3 Å². The van der Waals surface area contributed by atoms with Crippen molar-refractivity contribution < 1.29 is 18.0 Å². The van der Waals surface area contributed by atoms with Crippen LogP contribution in [0.4, 0.5) is 19.0 Å². The van der Waals surface area contributed by atoms with Crippen LogP contribution in [0, 0.1) is 13.8 Å². The molecule has 5 rings (SSSR count). The molecule has 31 heavy (non-hydrogen) atoms. The van der Waals surface area contributed by atoms with Gasteiger partial charge in [-0.3, -0.25) is 4.79 Å². The molecule has 0 fully saturated rings. The Morgan fingerprint density at radius 3 is 2.48 bits per heavy atom. The van der Waals surface area contributed by atoms with Gasteiger partial charge in [-0.15, -0.1) is 15.3 Å². The van der Waals surface area contributed by atoms with Gasteiger partial charge in [0.15, 0.2) is 17.3 Å². The molecule has 0 saturated carbocycles. The number of fused-ring (bicyclic) bond motifs is 2. The van der Waals surface area contributed by atoms with Crippen molar-refractivity contribution >= 4 is 17.4 Å². The van der Waals surface area contributed by atoms with Crippen LogP contribution in [-0.4, -0.2) is 35.5 Å². The zero-order chi connectivity index (χ0) is 21.9. The molecule has 1 N–H and O–H groups in total. The first kappa shape index (κ1) is 19.2. The number of rotatable bonds is 2. The quantitative estimate of drug-likeness (QED) is 0.530. The number of nitrogens with one attached hydrogen (secondary N) is 1. The van der Waals surface area contributed by atoms with Gasteiger partial charge in [0.2, 0.25) is 5.91 Å². The first-order valence-electron chi connectivity index (χ1n) is 9.48. The molecule has 0 bridgehead atoms. The average molecular weight is 427 g/mol. The topological polar surface area (TPSA) is 90.0 Å². The number of benzene rings is 1. The van der Waals surface area contributed by atoms with E-state index >= 15 is 0 Å². The molecule has 1 aliphatic heterocycles. The molecule has 158 valence electrons. The summed E-state index contributed by atoms with van der Waals surface area (Å²) >= 11 is 0. The van der Waals surface area contributed by atoms with E-state index in [0.717, 1.165) is 17.7 Å². The van der Waals surface area contributed by atoms with Crippen molar-refractivity contribution in [1.82, 2.24) is 29.6 Å². The van der Waals surface area contributed by atoms with E-state index in [9.17, 15) is 18.0 Å². The van der Waals surface area contributed by atoms with E-state index in [2.05, 4.69) is 25.7 Å². The Balaban J connectivity index is 1.61. The number of carbonyl (C=O) groups is 1. The van der Waals surface area contributed by atoms with E-state index in [0.29, 0.717) is 34.4 Å². The first-order chi connectivity index (χ1) is 14.7. The van der Waals surface area contributed by atoms with Gasteiger partial charge >= 0.3 is 6.18 Å². The maximum absolute atomic E-state index is 12.9. The number of nitrogens with zero attached hydrogens (tertiary/aromatic N) is 6. The van der Waals surface area contributed by atoms with Gasteiger partial charge in [-0.2, -0.15) is 27.5 Å². The fraction of sp³-hybridized carbons (Fsp3) is 0.250. The molecule has 0 spiro atoms. The summed E-state index contributed by atoms with van der Waals surface area (Å²) in [6.07, 6.45) is -4.30. The molecule has 0 radical (unpaired) electrons. The van der Waals surface area contributed by atoms with Crippen LogP contribution < -0.4 is 5.32 Å². The van der Waals surface area contributed by atoms with Crippen LogP contribution in [0.3, 0.4) is 0 Å². The molecule has 4 aromatic rings. The van der Waals surface area contributed by atoms with Gasteiger partial charge in [0.05, 0.1) is 11.3 Å². The SMILES string of the molecule is Cc1nn(-c2ccc3nnc(C)n3n2)c2c1[C@@H](c1ccc(C(F)(F)F)cc1)CC(=O)N2. The zero-order valence-corrected chi connectivity index (χ0v) is 16.5. The van der Waals surface area contributed by atoms with Crippen LogP contribution in [0.1, 0.15) is 40.5 Å². The summed E-state index contributed by atoms with van der Waals surface area (Å²) in [5, 5.41) is 19.9. The lowest BCUT2D eigenvalue weighted by Gasteiger charge is -2.24. The molecule has 1 aliphatic rings. The second-order valence-corrected chi connectivity index (χ2v) is 7.39. The van der Waals surface area contributed by atoms with Crippen molar-refractivity contribution in [3.63, 3.8) is 0 Å². The number of halogens is 3. The van der Waals surface area contributed by atoms with Gasteiger partial charge in [-0.25, -0.2) is 0 Å². The summed E-state index contributed by atoms with van der Waals surface area (Å²) in [5.74, 6) is 0.839. The lowest BCUT2D eigenvalue weighted by molar-refractivity contribution is -0.137. The molecule has 11 heteroatoms. The van der Waals surface area contributed by atoms with Gasteiger partial charge in [-0.05, 0) is 43.7 Å². The highest BCUT2D eigenvalue weighted by atomic mass is 19.4. The monoisotopic (exact) mass is 427 g/mol. The fourth-order valence-electron chi connectivity index (χ4n) is 3.90. The highest BCUT2D eigenvalue weighted by Gasteiger charge is 2.34. The Kier molecular flexibility index (Phi) is 4.11. The van der Waals surface area contributed by atoms with Crippen LogP contribution >= 0.6 is 0 Å². The van der Waals surface area contributed by atoms with Crippen LogP contribution in [0.15, 0.2) is 36.4 Å². The molecule has 3 aromatic heterocycles. The predicted molar refractivity (Wildman–Crippen MR) is 104 cm³/mol. The largest absolute Gasteiger partial charge is 0.416 e. The molecule has 0 unspecified atom stereocenters. The summed E-state index contributed by atoms with van der Waals surface area (Å²) in [6, 6.07) is 8.35. The molecule has 4 heterocycles. The predicted octanol–water partition coefficient (Wildman–Crippen LogP) is 3.42.